The van der Waals surface area contributed by atoms with Gasteiger partial charge in [-0.1, -0.05) is 13.0 Å². The van der Waals surface area contributed by atoms with Crippen molar-refractivity contribution < 1.29 is 4.79 Å². The van der Waals surface area contributed by atoms with Gasteiger partial charge in [-0.15, -0.1) is 0 Å². The highest BCUT2D eigenvalue weighted by Gasteiger charge is 2.36. The van der Waals surface area contributed by atoms with E-state index < -0.39 is 0 Å². The minimum Gasteiger partial charge on any atom is -0.342 e. The summed E-state index contributed by atoms with van der Waals surface area (Å²) >= 11 is 0. The summed E-state index contributed by atoms with van der Waals surface area (Å²) in [5.41, 5.74) is 3.42. The third-order valence-electron chi connectivity index (χ3n) is 5.50. The van der Waals surface area contributed by atoms with E-state index in [1.165, 1.54) is 11.3 Å². The second-order valence-corrected chi connectivity index (χ2v) is 7.45. The summed E-state index contributed by atoms with van der Waals surface area (Å²) in [4.78, 5) is 18.8. The van der Waals surface area contributed by atoms with Gasteiger partial charge in [-0.3, -0.25) is 4.79 Å². The number of amides is 1. The van der Waals surface area contributed by atoms with Crippen LogP contribution in [0.2, 0.25) is 0 Å². The molecular formula is C19H26N4O. The number of piperidine rings is 1. The van der Waals surface area contributed by atoms with Crippen LogP contribution < -0.4 is 5.32 Å². The molecule has 0 radical (unpaired) electrons. The van der Waals surface area contributed by atoms with E-state index in [2.05, 4.69) is 51.8 Å². The molecule has 1 amide bonds. The number of pyridine rings is 1. The molecule has 1 aliphatic heterocycles. The number of fused-ring (bicyclic) bond motifs is 1. The first-order valence-corrected chi connectivity index (χ1v) is 9.07. The molecule has 2 fully saturated rings. The number of nitrogens with one attached hydrogen (secondary N) is 1. The van der Waals surface area contributed by atoms with E-state index in [4.69, 9.17) is 0 Å². The summed E-state index contributed by atoms with van der Waals surface area (Å²) in [6.07, 6.45) is 7.27. The van der Waals surface area contributed by atoms with Crippen molar-refractivity contribution in [2.45, 2.75) is 45.7 Å². The van der Waals surface area contributed by atoms with Crippen molar-refractivity contribution >= 4 is 11.6 Å². The topological polar surface area (TPSA) is 49.6 Å². The first-order chi connectivity index (χ1) is 11.6. The number of nitrogens with zero attached hydrogens (tertiary/aromatic N) is 3. The van der Waals surface area contributed by atoms with Crippen molar-refractivity contribution in [2.24, 2.45) is 11.8 Å². The molecule has 1 aliphatic carbocycles. The Morgan fingerprint density at radius 2 is 2.21 bits per heavy atom. The Morgan fingerprint density at radius 3 is 2.96 bits per heavy atom. The SMILES string of the molecule is Cc1cccn2c(CN[C@H]3CCN(C(=O)C4CC4)C[C@@H]3C)cnc12. The number of carbonyl (C=O) groups excluding carboxylic acids is 1. The Kier molecular flexibility index (Phi) is 4.04. The highest BCUT2D eigenvalue weighted by atomic mass is 16.2. The number of aryl methyl sites for hydroxylation is 1. The third kappa shape index (κ3) is 2.93. The summed E-state index contributed by atoms with van der Waals surface area (Å²) in [5, 5.41) is 3.69. The van der Waals surface area contributed by atoms with Gasteiger partial charge < -0.3 is 14.6 Å². The molecule has 5 nitrogen and oxygen atoms in total. The van der Waals surface area contributed by atoms with Gasteiger partial charge in [0, 0.05) is 37.8 Å². The van der Waals surface area contributed by atoms with Gasteiger partial charge in [0.05, 0.1) is 11.9 Å². The molecule has 0 bridgehead atoms. The van der Waals surface area contributed by atoms with Gasteiger partial charge in [0.2, 0.25) is 5.91 Å². The highest BCUT2D eigenvalue weighted by molar-refractivity contribution is 5.81. The van der Waals surface area contributed by atoms with Crippen LogP contribution in [0.3, 0.4) is 0 Å². The average molecular weight is 326 g/mol. The number of carbonyl (C=O) groups is 1. The average Bonchev–Trinajstić information content (AvgIpc) is 3.34. The highest BCUT2D eigenvalue weighted by Crippen LogP contribution is 2.32. The first kappa shape index (κ1) is 15.6. The smallest absolute Gasteiger partial charge is 0.225 e. The molecular weight excluding hydrogens is 300 g/mol. The van der Waals surface area contributed by atoms with Gasteiger partial charge >= 0.3 is 0 Å². The van der Waals surface area contributed by atoms with Gasteiger partial charge in [-0.25, -0.2) is 4.98 Å². The number of hydrogen-bond acceptors (Lipinski definition) is 3. The van der Waals surface area contributed by atoms with E-state index in [-0.39, 0.29) is 0 Å². The van der Waals surface area contributed by atoms with Crippen molar-refractivity contribution in [3.63, 3.8) is 0 Å². The Labute approximate surface area is 143 Å². The fourth-order valence-electron chi connectivity index (χ4n) is 3.81. The van der Waals surface area contributed by atoms with Crippen LogP contribution in [0.1, 0.15) is 37.4 Å². The molecule has 1 saturated carbocycles. The molecule has 3 heterocycles. The van der Waals surface area contributed by atoms with Gasteiger partial charge in [0.15, 0.2) is 0 Å². The minimum absolute atomic E-state index is 0.336. The maximum absolute atomic E-state index is 12.2. The zero-order valence-electron chi connectivity index (χ0n) is 14.5. The predicted molar refractivity (Wildman–Crippen MR) is 93.6 cm³/mol. The maximum Gasteiger partial charge on any atom is 0.225 e. The number of likely N-dealkylation sites (tertiary alicyclic amines) is 1. The number of imidazole rings is 1. The summed E-state index contributed by atoms with van der Waals surface area (Å²) in [5.74, 6) is 1.21. The fourth-order valence-corrected chi connectivity index (χ4v) is 3.81. The molecule has 2 aromatic heterocycles. The van der Waals surface area contributed by atoms with E-state index in [0.29, 0.717) is 23.8 Å². The standard InChI is InChI=1S/C19H26N4O/c1-13-4-3-8-23-16(11-21-18(13)23)10-20-17-7-9-22(12-14(17)2)19(24)15-5-6-15/h3-4,8,11,14-15,17,20H,5-7,9-10,12H2,1-2H3/t14-,17-/m0/s1. The Balaban J connectivity index is 1.37. The number of rotatable bonds is 4. The molecule has 1 N–H and O–H groups in total. The number of hydrogen-bond donors (Lipinski definition) is 1. The van der Waals surface area contributed by atoms with Crippen LogP contribution in [-0.4, -0.2) is 39.3 Å². The molecule has 0 spiro atoms. The summed E-state index contributed by atoms with van der Waals surface area (Å²) in [6, 6.07) is 4.62. The predicted octanol–water partition coefficient (Wildman–Crippen LogP) is 2.38. The quantitative estimate of drug-likeness (QED) is 0.938. The van der Waals surface area contributed by atoms with Crippen LogP contribution in [0.25, 0.3) is 5.65 Å². The first-order valence-electron chi connectivity index (χ1n) is 9.07. The van der Waals surface area contributed by atoms with E-state index in [1.807, 2.05) is 6.20 Å². The minimum atomic E-state index is 0.336. The van der Waals surface area contributed by atoms with Crippen molar-refractivity contribution in [1.82, 2.24) is 19.6 Å². The Bertz CT molecular complexity index is 749. The largest absolute Gasteiger partial charge is 0.342 e. The van der Waals surface area contributed by atoms with Crippen LogP contribution in [0, 0.1) is 18.8 Å². The lowest BCUT2D eigenvalue weighted by Crippen LogP contribution is -2.50. The monoisotopic (exact) mass is 326 g/mol. The van der Waals surface area contributed by atoms with Crippen LogP contribution in [0.4, 0.5) is 0 Å². The van der Waals surface area contributed by atoms with Gasteiger partial charge in [0.25, 0.3) is 0 Å². The van der Waals surface area contributed by atoms with Crippen molar-refractivity contribution in [3.05, 3.63) is 35.8 Å². The van der Waals surface area contributed by atoms with E-state index in [9.17, 15) is 4.79 Å². The normalized spacial score (nSPS) is 24.5. The van der Waals surface area contributed by atoms with Crippen molar-refractivity contribution in [2.75, 3.05) is 13.1 Å². The molecule has 0 aromatic carbocycles. The number of aromatic nitrogens is 2. The molecule has 2 atom stereocenters. The lowest BCUT2D eigenvalue weighted by Gasteiger charge is -2.37. The fraction of sp³-hybridized carbons (Fsp3) is 0.579. The van der Waals surface area contributed by atoms with Crippen molar-refractivity contribution in [3.8, 4) is 0 Å². The summed E-state index contributed by atoms with van der Waals surface area (Å²) in [6.45, 7) is 6.94. The molecule has 4 rings (SSSR count). The van der Waals surface area contributed by atoms with Crippen LogP contribution in [0.15, 0.2) is 24.5 Å². The zero-order valence-corrected chi connectivity index (χ0v) is 14.5. The zero-order chi connectivity index (χ0) is 16.7. The van der Waals surface area contributed by atoms with Gasteiger partial charge in [-0.2, -0.15) is 0 Å². The molecule has 5 heteroatoms. The van der Waals surface area contributed by atoms with Crippen LogP contribution in [-0.2, 0) is 11.3 Å². The van der Waals surface area contributed by atoms with E-state index in [1.54, 1.807) is 0 Å². The molecule has 2 aliphatic rings. The van der Waals surface area contributed by atoms with Crippen LogP contribution >= 0.6 is 0 Å². The summed E-state index contributed by atoms with van der Waals surface area (Å²) in [7, 11) is 0. The van der Waals surface area contributed by atoms with E-state index in [0.717, 1.165) is 44.5 Å². The van der Waals surface area contributed by atoms with Crippen molar-refractivity contribution in [1.29, 1.82) is 0 Å². The second-order valence-electron chi connectivity index (χ2n) is 7.45. The third-order valence-corrected chi connectivity index (χ3v) is 5.50. The van der Waals surface area contributed by atoms with E-state index >= 15 is 0 Å². The summed E-state index contributed by atoms with van der Waals surface area (Å²) < 4.78 is 2.17. The molecule has 1 saturated heterocycles. The lowest BCUT2D eigenvalue weighted by atomic mass is 9.93. The Hall–Kier alpha value is -1.88. The van der Waals surface area contributed by atoms with Gasteiger partial charge in [0.1, 0.15) is 5.65 Å². The lowest BCUT2D eigenvalue weighted by molar-refractivity contribution is -0.134. The van der Waals surface area contributed by atoms with Crippen LogP contribution in [0.5, 0.6) is 0 Å². The second kappa shape index (κ2) is 6.20. The molecule has 24 heavy (non-hydrogen) atoms. The maximum atomic E-state index is 12.2. The molecule has 2 aromatic rings. The van der Waals surface area contributed by atoms with Gasteiger partial charge in [-0.05, 0) is 43.7 Å². The molecule has 128 valence electrons. The molecule has 0 unspecified atom stereocenters. The Morgan fingerprint density at radius 1 is 1.38 bits per heavy atom.